The molecule has 0 radical (unpaired) electrons. The third-order valence-electron chi connectivity index (χ3n) is 4.04. The summed E-state index contributed by atoms with van der Waals surface area (Å²) in [4.78, 5) is 15.1. The smallest absolute Gasteiger partial charge is 0.226 e. The summed E-state index contributed by atoms with van der Waals surface area (Å²) in [5, 5.41) is 3.99. The van der Waals surface area contributed by atoms with Crippen LogP contribution in [0, 0.1) is 13.8 Å². The van der Waals surface area contributed by atoms with Gasteiger partial charge in [0.05, 0.1) is 12.7 Å². The SMILES string of the molecule is CCc1nc(CC2CN(c3nc(N)nc(C)c3C)CCO2)no1. The molecule has 0 amide bonds. The van der Waals surface area contributed by atoms with Crippen molar-refractivity contribution in [2.45, 2.75) is 39.7 Å². The van der Waals surface area contributed by atoms with Crippen LogP contribution < -0.4 is 10.6 Å². The highest BCUT2D eigenvalue weighted by atomic mass is 16.5. The number of nitrogens with two attached hydrogens (primary N) is 1. The minimum absolute atomic E-state index is 0.00181. The van der Waals surface area contributed by atoms with Gasteiger partial charge >= 0.3 is 0 Å². The second-order valence-electron chi connectivity index (χ2n) is 5.72. The van der Waals surface area contributed by atoms with E-state index in [0.717, 1.165) is 30.0 Å². The van der Waals surface area contributed by atoms with Gasteiger partial charge in [-0.05, 0) is 13.8 Å². The summed E-state index contributed by atoms with van der Waals surface area (Å²) in [6.45, 7) is 8.07. The van der Waals surface area contributed by atoms with Gasteiger partial charge in [0.1, 0.15) is 5.82 Å². The minimum Gasteiger partial charge on any atom is -0.374 e. The van der Waals surface area contributed by atoms with E-state index in [0.29, 0.717) is 37.2 Å². The third kappa shape index (κ3) is 3.42. The van der Waals surface area contributed by atoms with Gasteiger partial charge in [-0.2, -0.15) is 9.97 Å². The van der Waals surface area contributed by atoms with Gasteiger partial charge in [0.2, 0.25) is 11.8 Å². The van der Waals surface area contributed by atoms with E-state index >= 15 is 0 Å². The molecule has 3 heterocycles. The fourth-order valence-electron chi connectivity index (χ4n) is 2.70. The summed E-state index contributed by atoms with van der Waals surface area (Å²) in [5.41, 5.74) is 7.75. The van der Waals surface area contributed by atoms with Crippen LogP contribution in [0.3, 0.4) is 0 Å². The fourth-order valence-corrected chi connectivity index (χ4v) is 2.70. The normalized spacial score (nSPS) is 18.4. The Morgan fingerprint density at radius 1 is 1.26 bits per heavy atom. The Kier molecular flexibility index (Phi) is 4.42. The van der Waals surface area contributed by atoms with Crippen molar-refractivity contribution in [3.05, 3.63) is 23.0 Å². The van der Waals surface area contributed by atoms with Crippen LogP contribution >= 0.6 is 0 Å². The second-order valence-corrected chi connectivity index (χ2v) is 5.72. The molecule has 1 atom stereocenters. The van der Waals surface area contributed by atoms with Crippen LogP contribution in [0.1, 0.15) is 29.9 Å². The van der Waals surface area contributed by atoms with Crippen molar-refractivity contribution < 1.29 is 9.26 Å². The average molecular weight is 318 g/mol. The lowest BCUT2D eigenvalue weighted by Gasteiger charge is -2.34. The van der Waals surface area contributed by atoms with Gasteiger partial charge in [0, 0.05) is 37.2 Å². The van der Waals surface area contributed by atoms with Gasteiger partial charge in [-0.1, -0.05) is 12.1 Å². The van der Waals surface area contributed by atoms with E-state index in [9.17, 15) is 0 Å². The monoisotopic (exact) mass is 318 g/mol. The number of nitrogen functional groups attached to an aromatic ring is 1. The highest BCUT2D eigenvalue weighted by Crippen LogP contribution is 2.23. The number of rotatable bonds is 4. The highest BCUT2D eigenvalue weighted by Gasteiger charge is 2.25. The molecule has 1 aliphatic rings. The summed E-state index contributed by atoms with van der Waals surface area (Å²) in [6, 6.07) is 0. The van der Waals surface area contributed by atoms with Crippen molar-refractivity contribution in [1.82, 2.24) is 20.1 Å². The van der Waals surface area contributed by atoms with Crippen LogP contribution in [0.25, 0.3) is 0 Å². The molecule has 2 aromatic heterocycles. The number of ether oxygens (including phenoxy) is 1. The maximum atomic E-state index is 5.84. The van der Waals surface area contributed by atoms with E-state index in [-0.39, 0.29) is 6.10 Å². The summed E-state index contributed by atoms with van der Waals surface area (Å²) in [6.07, 6.45) is 1.36. The van der Waals surface area contributed by atoms with Gasteiger partial charge in [-0.25, -0.2) is 4.98 Å². The predicted molar refractivity (Wildman–Crippen MR) is 85.3 cm³/mol. The Labute approximate surface area is 135 Å². The van der Waals surface area contributed by atoms with Crippen LogP contribution in [-0.4, -0.2) is 45.9 Å². The van der Waals surface area contributed by atoms with Crippen LogP contribution in [0.15, 0.2) is 4.52 Å². The van der Waals surface area contributed by atoms with Crippen molar-refractivity contribution in [1.29, 1.82) is 0 Å². The Balaban J connectivity index is 1.73. The number of hydrogen-bond donors (Lipinski definition) is 1. The Morgan fingerprint density at radius 2 is 2.09 bits per heavy atom. The second kappa shape index (κ2) is 6.49. The lowest BCUT2D eigenvalue weighted by atomic mass is 10.1. The number of aromatic nitrogens is 4. The first-order valence-corrected chi connectivity index (χ1v) is 7.85. The van der Waals surface area contributed by atoms with E-state index in [1.807, 2.05) is 20.8 Å². The molecular formula is C15H22N6O2. The van der Waals surface area contributed by atoms with Crippen molar-refractivity contribution in [2.75, 3.05) is 30.3 Å². The third-order valence-corrected chi connectivity index (χ3v) is 4.04. The quantitative estimate of drug-likeness (QED) is 0.893. The molecule has 8 heteroatoms. The van der Waals surface area contributed by atoms with E-state index in [2.05, 4.69) is 25.0 Å². The number of hydrogen-bond acceptors (Lipinski definition) is 8. The van der Waals surface area contributed by atoms with Crippen LogP contribution in [0.4, 0.5) is 11.8 Å². The van der Waals surface area contributed by atoms with Crippen LogP contribution in [0.5, 0.6) is 0 Å². The molecule has 0 aromatic carbocycles. The molecule has 1 saturated heterocycles. The first-order valence-electron chi connectivity index (χ1n) is 7.85. The minimum atomic E-state index is 0.00181. The van der Waals surface area contributed by atoms with E-state index in [4.69, 9.17) is 15.0 Å². The zero-order valence-electron chi connectivity index (χ0n) is 13.7. The molecular weight excluding hydrogens is 296 g/mol. The molecule has 2 N–H and O–H groups in total. The standard InChI is InChI=1S/C15H22N6O2/c1-4-13-18-12(20-23-13)7-11-8-21(5-6-22-11)14-9(2)10(3)17-15(16)19-14/h11H,4-8H2,1-3H3,(H2,16,17,19). The molecule has 0 saturated carbocycles. The van der Waals surface area contributed by atoms with E-state index < -0.39 is 0 Å². The van der Waals surface area contributed by atoms with Gasteiger partial charge < -0.3 is 19.9 Å². The van der Waals surface area contributed by atoms with Crippen molar-refractivity contribution in [2.24, 2.45) is 0 Å². The molecule has 0 aliphatic carbocycles. The number of nitrogens with zero attached hydrogens (tertiary/aromatic N) is 5. The highest BCUT2D eigenvalue weighted by molar-refractivity contribution is 5.51. The van der Waals surface area contributed by atoms with Crippen LogP contribution in [-0.2, 0) is 17.6 Å². The maximum absolute atomic E-state index is 5.84. The molecule has 0 spiro atoms. The summed E-state index contributed by atoms with van der Waals surface area (Å²) < 4.78 is 11.0. The Hall–Kier alpha value is -2.22. The first-order chi connectivity index (χ1) is 11.1. The molecule has 1 aliphatic heterocycles. The Bertz CT molecular complexity index is 687. The summed E-state index contributed by atoms with van der Waals surface area (Å²) in [5.74, 6) is 2.52. The summed E-state index contributed by atoms with van der Waals surface area (Å²) in [7, 11) is 0. The predicted octanol–water partition coefficient (Wildman–Crippen LogP) is 1.07. The number of anilines is 2. The zero-order valence-corrected chi connectivity index (χ0v) is 13.7. The van der Waals surface area contributed by atoms with Crippen molar-refractivity contribution in [3.63, 3.8) is 0 Å². The molecule has 1 unspecified atom stereocenters. The molecule has 124 valence electrons. The number of morpholine rings is 1. The van der Waals surface area contributed by atoms with Crippen LogP contribution in [0.2, 0.25) is 0 Å². The van der Waals surface area contributed by atoms with Gasteiger partial charge in [0.25, 0.3) is 0 Å². The van der Waals surface area contributed by atoms with E-state index in [1.165, 1.54) is 0 Å². The van der Waals surface area contributed by atoms with Gasteiger partial charge in [-0.15, -0.1) is 0 Å². The fraction of sp³-hybridized carbons (Fsp3) is 0.600. The van der Waals surface area contributed by atoms with Crippen molar-refractivity contribution in [3.8, 4) is 0 Å². The molecule has 0 bridgehead atoms. The molecule has 8 nitrogen and oxygen atoms in total. The van der Waals surface area contributed by atoms with Gasteiger partial charge in [0.15, 0.2) is 5.82 Å². The van der Waals surface area contributed by atoms with E-state index in [1.54, 1.807) is 0 Å². The Morgan fingerprint density at radius 3 is 2.83 bits per heavy atom. The molecule has 23 heavy (non-hydrogen) atoms. The average Bonchev–Trinajstić information content (AvgIpc) is 2.98. The van der Waals surface area contributed by atoms with Gasteiger partial charge in [-0.3, -0.25) is 0 Å². The zero-order chi connectivity index (χ0) is 16.4. The van der Waals surface area contributed by atoms with Crippen molar-refractivity contribution >= 4 is 11.8 Å². The summed E-state index contributed by atoms with van der Waals surface area (Å²) >= 11 is 0. The molecule has 2 aromatic rings. The number of aryl methyl sites for hydroxylation is 2. The lowest BCUT2D eigenvalue weighted by Crippen LogP contribution is -2.44. The maximum Gasteiger partial charge on any atom is 0.226 e. The lowest BCUT2D eigenvalue weighted by molar-refractivity contribution is 0.0392. The largest absolute Gasteiger partial charge is 0.374 e. The molecule has 3 rings (SSSR count). The first kappa shape index (κ1) is 15.7. The topological polar surface area (TPSA) is 103 Å². The molecule has 1 fully saturated rings.